The van der Waals surface area contributed by atoms with Crippen LogP contribution in [-0.4, -0.2) is 23.7 Å². The predicted molar refractivity (Wildman–Crippen MR) is 67.4 cm³/mol. The van der Waals surface area contributed by atoms with Crippen molar-refractivity contribution in [3.05, 3.63) is 36.5 Å². The smallest absolute Gasteiger partial charge is 0.307 e. The third-order valence-electron chi connectivity index (χ3n) is 1.83. The molecule has 0 aliphatic rings. The first-order chi connectivity index (χ1) is 7.56. The highest BCUT2D eigenvalue weighted by atomic mass is 79.9. The molecule has 0 rings (SSSR count). The van der Waals surface area contributed by atoms with E-state index in [0.717, 1.165) is 0 Å². The molecule has 0 fully saturated rings. The summed E-state index contributed by atoms with van der Waals surface area (Å²) in [5.41, 5.74) is 0.462. The van der Waals surface area contributed by atoms with Crippen LogP contribution in [0.5, 0.6) is 0 Å². The molecular formula is C12H15BrO3. The minimum Gasteiger partial charge on any atom is -0.469 e. The Balaban J connectivity index is 4.63. The van der Waals surface area contributed by atoms with E-state index in [0.29, 0.717) is 5.57 Å². The van der Waals surface area contributed by atoms with Crippen LogP contribution in [0.15, 0.2) is 36.5 Å². The van der Waals surface area contributed by atoms with Gasteiger partial charge in [0.1, 0.15) is 0 Å². The fraction of sp³-hybridized carbons (Fsp3) is 0.333. The maximum atomic E-state index is 11.8. The number of alkyl halides is 1. The number of ketones is 1. The van der Waals surface area contributed by atoms with Crippen LogP contribution in [-0.2, 0) is 14.3 Å². The van der Waals surface area contributed by atoms with Gasteiger partial charge >= 0.3 is 5.97 Å². The van der Waals surface area contributed by atoms with Gasteiger partial charge in [-0.2, -0.15) is 0 Å². The number of carbonyl (C=O) groups is 2. The Kier molecular flexibility index (Phi) is 7.46. The topological polar surface area (TPSA) is 43.4 Å². The summed E-state index contributed by atoms with van der Waals surface area (Å²) in [6.07, 6.45) is 6.68. The number of methoxy groups -OCH3 is 1. The van der Waals surface area contributed by atoms with Crippen molar-refractivity contribution >= 4 is 27.7 Å². The molecule has 0 radical (unpaired) electrons. The number of carbonyl (C=O) groups excluding carboxylic acids is 2. The molecule has 88 valence electrons. The molecule has 0 aromatic carbocycles. The van der Waals surface area contributed by atoms with Crippen molar-refractivity contribution in [1.29, 1.82) is 0 Å². The summed E-state index contributed by atoms with van der Waals surface area (Å²) in [5.74, 6) is -0.608. The quantitative estimate of drug-likeness (QED) is 0.326. The molecule has 0 aliphatic heterocycles. The van der Waals surface area contributed by atoms with Crippen molar-refractivity contribution in [3.63, 3.8) is 0 Å². The van der Waals surface area contributed by atoms with Crippen molar-refractivity contribution in [2.75, 3.05) is 7.11 Å². The lowest BCUT2D eigenvalue weighted by atomic mass is 10.1. The number of halogens is 1. The van der Waals surface area contributed by atoms with Gasteiger partial charge in [-0.05, 0) is 6.92 Å². The molecule has 0 N–H and O–H groups in total. The van der Waals surface area contributed by atoms with Gasteiger partial charge in [-0.15, -0.1) is 0 Å². The summed E-state index contributed by atoms with van der Waals surface area (Å²) in [7, 11) is 1.29. The van der Waals surface area contributed by atoms with E-state index in [9.17, 15) is 9.59 Å². The summed E-state index contributed by atoms with van der Waals surface area (Å²) < 4.78 is 4.49. The molecule has 0 bridgehead atoms. The Labute approximate surface area is 104 Å². The molecule has 16 heavy (non-hydrogen) atoms. The van der Waals surface area contributed by atoms with Crippen LogP contribution in [0.4, 0.5) is 0 Å². The maximum Gasteiger partial charge on any atom is 0.307 e. The van der Waals surface area contributed by atoms with Gasteiger partial charge in [0.25, 0.3) is 0 Å². The van der Waals surface area contributed by atoms with Crippen molar-refractivity contribution in [3.8, 4) is 0 Å². The van der Waals surface area contributed by atoms with Crippen LogP contribution in [0.25, 0.3) is 0 Å². The Bertz CT molecular complexity index is 329. The van der Waals surface area contributed by atoms with Gasteiger partial charge in [-0.25, -0.2) is 0 Å². The zero-order valence-electron chi connectivity index (χ0n) is 9.40. The number of allylic oxidation sites excluding steroid dienone is 5. The van der Waals surface area contributed by atoms with Crippen LogP contribution in [0.2, 0.25) is 0 Å². The zero-order chi connectivity index (χ0) is 12.6. The summed E-state index contributed by atoms with van der Waals surface area (Å²) in [6, 6.07) is 0. The van der Waals surface area contributed by atoms with Crippen molar-refractivity contribution in [2.24, 2.45) is 0 Å². The van der Waals surface area contributed by atoms with Crippen LogP contribution in [0.3, 0.4) is 0 Å². The molecule has 0 saturated carbocycles. The van der Waals surface area contributed by atoms with Gasteiger partial charge in [-0.3, -0.25) is 9.59 Å². The monoisotopic (exact) mass is 286 g/mol. The average Bonchev–Trinajstić information content (AvgIpc) is 2.29. The van der Waals surface area contributed by atoms with E-state index in [1.165, 1.54) is 13.2 Å². The summed E-state index contributed by atoms with van der Waals surface area (Å²) in [5, 5.41) is 0. The normalized spacial score (nSPS) is 13.6. The van der Waals surface area contributed by atoms with Gasteiger partial charge < -0.3 is 4.74 Å². The van der Waals surface area contributed by atoms with Crippen LogP contribution >= 0.6 is 15.9 Å². The standard InChI is InChI=1S/C12H15BrO3/c1-4-6-7-9(5-2)12(15)10(13)8-11(14)16-3/h4-7,10H,2,8H2,1,3H3/b6-4-,9-7+. The molecule has 0 aliphatic carbocycles. The fourth-order valence-electron chi connectivity index (χ4n) is 0.954. The molecule has 3 nitrogen and oxygen atoms in total. The first kappa shape index (κ1) is 14.8. The Morgan fingerprint density at radius 1 is 1.50 bits per heavy atom. The molecular weight excluding hydrogens is 272 g/mol. The molecule has 4 heteroatoms. The zero-order valence-corrected chi connectivity index (χ0v) is 11.0. The number of hydrogen-bond donors (Lipinski definition) is 0. The molecule has 0 saturated heterocycles. The van der Waals surface area contributed by atoms with Gasteiger partial charge in [0.2, 0.25) is 0 Å². The van der Waals surface area contributed by atoms with Gasteiger partial charge in [0.15, 0.2) is 5.78 Å². The molecule has 0 heterocycles. The van der Waals surface area contributed by atoms with Crippen molar-refractivity contribution < 1.29 is 14.3 Å². The summed E-state index contributed by atoms with van der Waals surface area (Å²) in [6.45, 7) is 5.41. The molecule has 0 spiro atoms. The van der Waals surface area contributed by atoms with E-state index in [1.54, 1.807) is 18.2 Å². The van der Waals surface area contributed by atoms with Crippen molar-refractivity contribution in [1.82, 2.24) is 0 Å². The van der Waals surface area contributed by atoms with E-state index >= 15 is 0 Å². The van der Waals surface area contributed by atoms with Crippen LogP contribution in [0, 0.1) is 0 Å². The Hall–Kier alpha value is -1.16. The van der Waals surface area contributed by atoms with Gasteiger partial charge in [-0.1, -0.05) is 46.8 Å². The van der Waals surface area contributed by atoms with E-state index in [-0.39, 0.29) is 12.2 Å². The minimum atomic E-state index is -0.575. The molecule has 0 aromatic rings. The second-order valence-electron chi connectivity index (χ2n) is 2.96. The lowest BCUT2D eigenvalue weighted by Gasteiger charge is -2.07. The number of ether oxygens (including phenoxy) is 1. The lowest BCUT2D eigenvalue weighted by Crippen LogP contribution is -2.20. The SMILES string of the molecule is C=C/C(=C\C=C/C)C(=O)C(Br)CC(=O)OC. The lowest BCUT2D eigenvalue weighted by molar-refractivity contribution is -0.141. The first-order valence-corrected chi connectivity index (χ1v) is 5.68. The summed E-state index contributed by atoms with van der Waals surface area (Å²) in [4.78, 5) is 22.2. The van der Waals surface area contributed by atoms with Crippen molar-refractivity contribution in [2.45, 2.75) is 18.2 Å². The third kappa shape index (κ3) is 5.07. The van der Waals surface area contributed by atoms with Crippen LogP contribution in [0.1, 0.15) is 13.3 Å². The molecule has 0 aromatic heterocycles. The fourth-order valence-corrected chi connectivity index (χ4v) is 1.48. The first-order valence-electron chi connectivity index (χ1n) is 4.77. The number of hydrogen-bond acceptors (Lipinski definition) is 3. The molecule has 1 atom stereocenters. The predicted octanol–water partition coefficient (Wildman–Crippen LogP) is 2.57. The van der Waals surface area contributed by atoms with Gasteiger partial charge in [0, 0.05) is 5.57 Å². The highest BCUT2D eigenvalue weighted by molar-refractivity contribution is 9.10. The van der Waals surface area contributed by atoms with E-state index in [4.69, 9.17) is 0 Å². The van der Waals surface area contributed by atoms with Crippen LogP contribution < -0.4 is 0 Å². The highest BCUT2D eigenvalue weighted by Gasteiger charge is 2.20. The number of esters is 1. The molecule has 0 amide bonds. The number of rotatable bonds is 6. The largest absolute Gasteiger partial charge is 0.469 e. The third-order valence-corrected chi connectivity index (χ3v) is 2.57. The minimum absolute atomic E-state index is 0.0103. The maximum absolute atomic E-state index is 11.8. The van der Waals surface area contributed by atoms with E-state index < -0.39 is 10.8 Å². The molecule has 1 unspecified atom stereocenters. The van der Waals surface area contributed by atoms with E-state index in [1.807, 2.05) is 6.92 Å². The Morgan fingerprint density at radius 2 is 2.12 bits per heavy atom. The average molecular weight is 287 g/mol. The Morgan fingerprint density at radius 3 is 2.56 bits per heavy atom. The second-order valence-corrected chi connectivity index (χ2v) is 4.07. The summed E-state index contributed by atoms with van der Waals surface area (Å²) >= 11 is 3.15. The van der Waals surface area contributed by atoms with Gasteiger partial charge in [0.05, 0.1) is 18.4 Å². The highest BCUT2D eigenvalue weighted by Crippen LogP contribution is 2.14. The van der Waals surface area contributed by atoms with E-state index in [2.05, 4.69) is 27.2 Å². The second kappa shape index (κ2) is 8.05. The number of Topliss-reactive ketones (excluding diaryl/α,β-unsaturated/α-hetero) is 1.